The second-order valence-corrected chi connectivity index (χ2v) is 14.9. The van der Waals surface area contributed by atoms with Crippen molar-refractivity contribution >= 4 is 13.7 Å². The van der Waals surface area contributed by atoms with Gasteiger partial charge in [0, 0.05) is 13.0 Å². The van der Waals surface area contributed by atoms with Crippen molar-refractivity contribution in [2.45, 2.75) is 174 Å². The Bertz CT molecular complexity index is 1040. The first-order valence-electron chi connectivity index (χ1n) is 20.6. The molecule has 0 spiro atoms. The number of phosphoric acid groups is 1. The molecule has 3 unspecified atom stereocenters. The zero-order valence-corrected chi connectivity index (χ0v) is 33.9. The largest absolute Gasteiger partial charge is 0.472 e. The minimum Gasteiger partial charge on any atom is -0.387 e. The zero-order valence-electron chi connectivity index (χ0n) is 33.0. The third-order valence-corrected chi connectivity index (χ3v) is 9.48. The van der Waals surface area contributed by atoms with E-state index in [4.69, 9.17) is 14.8 Å². The summed E-state index contributed by atoms with van der Waals surface area (Å²) in [5, 5.41) is 13.6. The van der Waals surface area contributed by atoms with Gasteiger partial charge in [-0.25, -0.2) is 4.57 Å². The Balaban J connectivity index is 4.39. The van der Waals surface area contributed by atoms with Crippen LogP contribution in [0.25, 0.3) is 0 Å². The Kier molecular flexibility index (Phi) is 37.1. The van der Waals surface area contributed by atoms with E-state index < -0.39 is 20.0 Å². The van der Waals surface area contributed by atoms with E-state index in [9.17, 15) is 19.4 Å². The fraction of sp³-hybridized carbons (Fsp3) is 0.698. The summed E-state index contributed by atoms with van der Waals surface area (Å²) in [6.07, 6.45) is 49.5. The first-order chi connectivity index (χ1) is 25.4. The highest BCUT2D eigenvalue weighted by Crippen LogP contribution is 2.43. The summed E-state index contributed by atoms with van der Waals surface area (Å²) in [5.74, 6) is -0.229. The van der Waals surface area contributed by atoms with Crippen molar-refractivity contribution in [3.8, 4) is 0 Å². The molecule has 0 aliphatic rings. The highest BCUT2D eigenvalue weighted by Gasteiger charge is 2.26. The number of amides is 1. The molecule has 9 heteroatoms. The van der Waals surface area contributed by atoms with Crippen LogP contribution in [-0.4, -0.2) is 47.8 Å². The molecule has 5 N–H and O–H groups in total. The molecule has 0 radical (unpaired) electrons. The van der Waals surface area contributed by atoms with Crippen molar-refractivity contribution in [2.24, 2.45) is 5.73 Å². The number of nitrogens with two attached hydrogens (primary N) is 1. The van der Waals surface area contributed by atoms with Crippen molar-refractivity contribution in [1.82, 2.24) is 5.32 Å². The molecule has 1 amide bonds. The molecular formula is C43H77N2O6P. The van der Waals surface area contributed by atoms with Crippen molar-refractivity contribution in [3.05, 3.63) is 72.9 Å². The van der Waals surface area contributed by atoms with Gasteiger partial charge < -0.3 is 21.1 Å². The molecule has 0 aromatic heterocycles. The summed E-state index contributed by atoms with van der Waals surface area (Å²) in [7, 11) is -4.36. The lowest BCUT2D eigenvalue weighted by molar-refractivity contribution is -0.123. The highest BCUT2D eigenvalue weighted by molar-refractivity contribution is 7.47. The average molecular weight is 749 g/mol. The van der Waals surface area contributed by atoms with Gasteiger partial charge in [-0.05, 0) is 77.0 Å². The van der Waals surface area contributed by atoms with Crippen LogP contribution in [0.15, 0.2) is 72.9 Å². The lowest BCUT2D eigenvalue weighted by atomic mass is 10.1. The Hall–Kier alpha value is -2.06. The first-order valence-corrected chi connectivity index (χ1v) is 22.1. The molecule has 0 bridgehead atoms. The van der Waals surface area contributed by atoms with Gasteiger partial charge in [-0.1, -0.05) is 151 Å². The van der Waals surface area contributed by atoms with Crippen LogP contribution in [0.4, 0.5) is 0 Å². The molecule has 0 heterocycles. The van der Waals surface area contributed by atoms with Gasteiger partial charge >= 0.3 is 7.82 Å². The van der Waals surface area contributed by atoms with Crippen LogP contribution in [-0.2, 0) is 18.4 Å². The molecule has 0 aromatic carbocycles. The highest BCUT2D eigenvalue weighted by atomic mass is 31.2. The fourth-order valence-corrected chi connectivity index (χ4v) is 6.17. The predicted octanol–water partition coefficient (Wildman–Crippen LogP) is 11.3. The van der Waals surface area contributed by atoms with Crippen LogP contribution in [0.1, 0.15) is 162 Å². The first kappa shape index (κ1) is 49.9. The third kappa shape index (κ3) is 36.3. The minimum absolute atomic E-state index is 0.0651. The second-order valence-electron chi connectivity index (χ2n) is 13.4. The fourth-order valence-electron chi connectivity index (χ4n) is 5.41. The van der Waals surface area contributed by atoms with E-state index in [2.05, 4.69) is 79.9 Å². The third-order valence-electron chi connectivity index (χ3n) is 8.49. The predicted molar refractivity (Wildman–Crippen MR) is 221 cm³/mol. The zero-order chi connectivity index (χ0) is 38.2. The molecule has 8 nitrogen and oxygen atoms in total. The number of hydrogen-bond donors (Lipinski definition) is 4. The van der Waals surface area contributed by atoms with E-state index in [1.165, 1.54) is 57.8 Å². The van der Waals surface area contributed by atoms with Gasteiger partial charge in [0.15, 0.2) is 0 Å². The molecule has 0 saturated carbocycles. The van der Waals surface area contributed by atoms with E-state index in [0.29, 0.717) is 6.42 Å². The quantitative estimate of drug-likeness (QED) is 0.0282. The number of rotatable bonds is 37. The van der Waals surface area contributed by atoms with E-state index >= 15 is 0 Å². The second kappa shape index (κ2) is 38.7. The van der Waals surface area contributed by atoms with Gasteiger partial charge in [0.2, 0.25) is 5.91 Å². The van der Waals surface area contributed by atoms with Gasteiger partial charge in [-0.3, -0.25) is 13.8 Å². The van der Waals surface area contributed by atoms with Gasteiger partial charge in [0.25, 0.3) is 0 Å². The molecule has 0 saturated heterocycles. The van der Waals surface area contributed by atoms with Crippen molar-refractivity contribution in [1.29, 1.82) is 0 Å². The number of unbranched alkanes of at least 4 members (excludes halogenated alkanes) is 15. The number of allylic oxidation sites excluding steroid dienone is 11. The molecular weight excluding hydrogens is 671 g/mol. The van der Waals surface area contributed by atoms with Gasteiger partial charge in [0.1, 0.15) is 0 Å². The molecule has 0 rings (SSSR count). The van der Waals surface area contributed by atoms with E-state index in [1.54, 1.807) is 6.08 Å². The lowest BCUT2D eigenvalue weighted by Gasteiger charge is -2.23. The minimum atomic E-state index is -4.36. The summed E-state index contributed by atoms with van der Waals surface area (Å²) in [5.41, 5.74) is 5.36. The van der Waals surface area contributed by atoms with Crippen molar-refractivity contribution in [2.75, 3.05) is 19.8 Å². The SMILES string of the molecule is CC/C=C\C/C=C\C/C=C\CCCCCCCC(=O)NC(COP(=O)(O)OCCN)C(O)/C=C/CC/C=C/CC/C=C/CCCCCCCCCC. The van der Waals surface area contributed by atoms with Crippen molar-refractivity contribution < 1.29 is 28.4 Å². The van der Waals surface area contributed by atoms with Gasteiger partial charge in [0.05, 0.1) is 25.4 Å². The Morgan fingerprint density at radius 1 is 0.654 bits per heavy atom. The number of carbonyl (C=O) groups is 1. The monoisotopic (exact) mass is 749 g/mol. The Morgan fingerprint density at radius 3 is 1.71 bits per heavy atom. The normalized spacial score (nSPS) is 14.9. The van der Waals surface area contributed by atoms with E-state index in [0.717, 1.165) is 83.5 Å². The number of nitrogens with one attached hydrogen (secondary N) is 1. The number of phosphoric ester groups is 1. The standard InChI is InChI=1S/C43H77N2O6P/c1-3-5-7-9-11-13-15-17-19-20-21-23-24-26-28-30-32-34-36-42(46)41(40-51-52(48,49)50-39-38-44)45-43(47)37-35-33-31-29-27-25-22-18-16-14-12-10-8-6-4-2/h6,8,12,14,18,20-22,26,28,34,36,41-42,46H,3-5,7,9-11,13,15-17,19,23-25,27,29-33,35,37-40,44H2,1-2H3,(H,45,47)(H,48,49)/b8-6-,14-12-,21-20+,22-18-,28-26+,36-34+. The van der Waals surface area contributed by atoms with Crippen LogP contribution in [0.5, 0.6) is 0 Å². The summed E-state index contributed by atoms with van der Waals surface area (Å²) < 4.78 is 22.1. The number of hydrogen-bond acceptors (Lipinski definition) is 6. The smallest absolute Gasteiger partial charge is 0.387 e. The number of carbonyl (C=O) groups excluding carboxylic acids is 1. The van der Waals surface area contributed by atoms with Crippen LogP contribution >= 0.6 is 7.82 Å². The van der Waals surface area contributed by atoms with Crippen molar-refractivity contribution in [3.63, 3.8) is 0 Å². The van der Waals surface area contributed by atoms with Crippen LogP contribution in [0.3, 0.4) is 0 Å². The molecule has 0 aromatic rings. The van der Waals surface area contributed by atoms with Crippen LogP contribution in [0, 0.1) is 0 Å². The maximum atomic E-state index is 12.7. The molecule has 0 fully saturated rings. The topological polar surface area (TPSA) is 131 Å². The molecule has 0 aliphatic carbocycles. The molecule has 300 valence electrons. The Morgan fingerprint density at radius 2 is 1.13 bits per heavy atom. The Labute approximate surface area is 318 Å². The average Bonchev–Trinajstić information content (AvgIpc) is 3.13. The number of aliphatic hydroxyl groups excluding tert-OH is 1. The van der Waals surface area contributed by atoms with Gasteiger partial charge in [-0.15, -0.1) is 0 Å². The lowest BCUT2D eigenvalue weighted by Crippen LogP contribution is -2.45. The maximum Gasteiger partial charge on any atom is 0.472 e. The molecule has 3 atom stereocenters. The van der Waals surface area contributed by atoms with Crippen LogP contribution in [0.2, 0.25) is 0 Å². The molecule has 0 aliphatic heterocycles. The maximum absolute atomic E-state index is 12.7. The summed E-state index contributed by atoms with van der Waals surface area (Å²) in [4.78, 5) is 22.6. The molecule has 52 heavy (non-hydrogen) atoms. The van der Waals surface area contributed by atoms with Crippen LogP contribution < -0.4 is 11.1 Å². The number of aliphatic hydroxyl groups is 1. The van der Waals surface area contributed by atoms with E-state index in [1.807, 2.05) is 6.08 Å². The van der Waals surface area contributed by atoms with E-state index in [-0.39, 0.29) is 25.7 Å². The van der Waals surface area contributed by atoms with Gasteiger partial charge in [-0.2, -0.15) is 0 Å². The summed E-state index contributed by atoms with van der Waals surface area (Å²) in [6, 6.07) is -0.895. The summed E-state index contributed by atoms with van der Waals surface area (Å²) in [6.45, 7) is 3.95. The summed E-state index contributed by atoms with van der Waals surface area (Å²) >= 11 is 0.